The molecule has 0 spiro atoms. The van der Waals surface area contributed by atoms with Gasteiger partial charge >= 0.3 is 0 Å². The van der Waals surface area contributed by atoms with Crippen LogP contribution in [0.4, 0.5) is 0 Å². The van der Waals surface area contributed by atoms with Crippen LogP contribution in [-0.4, -0.2) is 67.8 Å². The average molecular weight is 340 g/mol. The number of fused-ring (bicyclic) bond motifs is 1. The molecular formula is C14H20N4O4S. The quantitative estimate of drug-likeness (QED) is 0.793. The molecule has 1 amide bonds. The summed E-state index contributed by atoms with van der Waals surface area (Å²) in [5.41, 5.74) is 0.347. The Balaban J connectivity index is 1.59. The standard InChI is InChI=1S/C14H20N4O4S/c1-23(20,21)17-7-13-11-2-5-18(8-10(11)9-22-13)14(19)12-6-15-3-4-16-12/h3-4,6,10-11,13,17H,2,5,7-9H2,1H3/t10-,11-,13+/m1/s1. The monoisotopic (exact) mass is 340 g/mol. The van der Waals surface area contributed by atoms with Gasteiger partial charge in [-0.3, -0.25) is 9.78 Å². The Morgan fingerprint density at radius 2 is 2.30 bits per heavy atom. The number of likely N-dealkylation sites (tertiary alicyclic amines) is 1. The summed E-state index contributed by atoms with van der Waals surface area (Å²) in [6, 6.07) is 0. The Kier molecular flexibility index (Phi) is 4.60. The SMILES string of the molecule is CS(=O)(=O)NC[C@@H]1OC[C@H]2CN(C(=O)c3cnccn3)CC[C@H]21. The maximum atomic E-state index is 12.4. The van der Waals surface area contributed by atoms with Gasteiger partial charge in [0.15, 0.2) is 0 Å². The zero-order valence-electron chi connectivity index (χ0n) is 12.9. The summed E-state index contributed by atoms with van der Waals surface area (Å²) in [6.45, 7) is 2.06. The van der Waals surface area contributed by atoms with E-state index in [1.807, 2.05) is 0 Å². The molecule has 0 radical (unpaired) electrons. The predicted octanol–water partition coefficient (Wildman–Crippen LogP) is -0.497. The normalized spacial score (nSPS) is 27.7. The minimum Gasteiger partial charge on any atom is -0.376 e. The number of sulfonamides is 1. The minimum absolute atomic E-state index is 0.116. The molecule has 1 N–H and O–H groups in total. The van der Waals surface area contributed by atoms with Crippen molar-refractivity contribution >= 4 is 15.9 Å². The molecule has 0 saturated carbocycles. The molecule has 23 heavy (non-hydrogen) atoms. The lowest BCUT2D eigenvalue weighted by atomic mass is 9.84. The highest BCUT2D eigenvalue weighted by atomic mass is 32.2. The summed E-state index contributed by atoms with van der Waals surface area (Å²) >= 11 is 0. The minimum atomic E-state index is -3.22. The van der Waals surface area contributed by atoms with E-state index < -0.39 is 10.0 Å². The van der Waals surface area contributed by atoms with Crippen LogP contribution in [0.3, 0.4) is 0 Å². The Hall–Kier alpha value is -1.58. The molecule has 0 unspecified atom stereocenters. The van der Waals surface area contributed by atoms with Crippen molar-refractivity contribution in [1.82, 2.24) is 19.6 Å². The van der Waals surface area contributed by atoms with Crippen LogP contribution in [0.1, 0.15) is 16.9 Å². The highest BCUT2D eigenvalue weighted by Gasteiger charge is 2.42. The fraction of sp³-hybridized carbons (Fsp3) is 0.643. The topological polar surface area (TPSA) is 101 Å². The van der Waals surface area contributed by atoms with Gasteiger partial charge < -0.3 is 9.64 Å². The number of aromatic nitrogens is 2. The summed E-state index contributed by atoms with van der Waals surface area (Å²) in [5.74, 6) is 0.389. The number of hydrogen-bond donors (Lipinski definition) is 1. The van der Waals surface area contributed by atoms with Crippen LogP contribution in [0, 0.1) is 11.8 Å². The van der Waals surface area contributed by atoms with Gasteiger partial charge in [-0.1, -0.05) is 0 Å². The van der Waals surface area contributed by atoms with E-state index in [9.17, 15) is 13.2 Å². The number of ether oxygens (including phenoxy) is 1. The van der Waals surface area contributed by atoms with Crippen LogP contribution in [0.25, 0.3) is 0 Å². The van der Waals surface area contributed by atoms with E-state index in [0.29, 0.717) is 25.4 Å². The molecular weight excluding hydrogens is 320 g/mol. The molecule has 126 valence electrons. The van der Waals surface area contributed by atoms with E-state index in [2.05, 4.69) is 14.7 Å². The maximum absolute atomic E-state index is 12.4. The van der Waals surface area contributed by atoms with Gasteiger partial charge in [0.2, 0.25) is 10.0 Å². The zero-order valence-corrected chi connectivity index (χ0v) is 13.7. The second-order valence-electron chi connectivity index (χ2n) is 6.05. The maximum Gasteiger partial charge on any atom is 0.274 e. The smallest absolute Gasteiger partial charge is 0.274 e. The van der Waals surface area contributed by atoms with Crippen LogP contribution in [0.2, 0.25) is 0 Å². The first kappa shape index (κ1) is 16.3. The number of piperidine rings is 1. The van der Waals surface area contributed by atoms with Crippen molar-refractivity contribution in [1.29, 1.82) is 0 Å². The van der Waals surface area contributed by atoms with Gasteiger partial charge in [0, 0.05) is 37.9 Å². The number of hydrogen-bond acceptors (Lipinski definition) is 6. The molecule has 0 aromatic carbocycles. The van der Waals surface area contributed by atoms with Crippen molar-refractivity contribution in [3.63, 3.8) is 0 Å². The summed E-state index contributed by atoms with van der Waals surface area (Å²) in [6.07, 6.45) is 6.33. The highest BCUT2D eigenvalue weighted by molar-refractivity contribution is 7.88. The Labute approximate surface area is 135 Å². The van der Waals surface area contributed by atoms with E-state index in [1.165, 1.54) is 18.6 Å². The van der Waals surface area contributed by atoms with Crippen LogP contribution >= 0.6 is 0 Å². The molecule has 2 aliphatic rings. The lowest BCUT2D eigenvalue weighted by Gasteiger charge is -2.35. The molecule has 1 aromatic heterocycles. The van der Waals surface area contributed by atoms with Crippen molar-refractivity contribution in [2.24, 2.45) is 11.8 Å². The fourth-order valence-electron chi connectivity index (χ4n) is 3.29. The highest BCUT2D eigenvalue weighted by Crippen LogP contribution is 2.34. The van der Waals surface area contributed by atoms with E-state index in [1.54, 1.807) is 4.90 Å². The van der Waals surface area contributed by atoms with Gasteiger partial charge in [-0.15, -0.1) is 0 Å². The van der Waals surface area contributed by atoms with Crippen molar-refractivity contribution < 1.29 is 17.9 Å². The Bertz CT molecular complexity index is 667. The second kappa shape index (κ2) is 6.50. The van der Waals surface area contributed by atoms with Gasteiger partial charge in [-0.2, -0.15) is 0 Å². The van der Waals surface area contributed by atoms with Crippen LogP contribution in [0.5, 0.6) is 0 Å². The molecule has 2 saturated heterocycles. The fourth-order valence-corrected chi connectivity index (χ4v) is 3.75. The average Bonchev–Trinajstić information content (AvgIpc) is 2.94. The van der Waals surface area contributed by atoms with Gasteiger partial charge in [-0.25, -0.2) is 18.1 Å². The van der Waals surface area contributed by atoms with Crippen LogP contribution < -0.4 is 4.72 Å². The molecule has 3 atom stereocenters. The summed E-state index contributed by atoms with van der Waals surface area (Å²) < 4.78 is 30.7. The van der Waals surface area contributed by atoms with Crippen molar-refractivity contribution in [3.05, 3.63) is 24.3 Å². The van der Waals surface area contributed by atoms with Crippen LogP contribution in [-0.2, 0) is 14.8 Å². The molecule has 2 fully saturated rings. The molecule has 0 aliphatic carbocycles. The van der Waals surface area contributed by atoms with Gasteiger partial charge in [0.05, 0.1) is 25.2 Å². The van der Waals surface area contributed by atoms with Crippen molar-refractivity contribution in [2.75, 3.05) is 32.5 Å². The molecule has 1 aromatic rings. The van der Waals surface area contributed by atoms with Gasteiger partial charge in [-0.05, 0) is 12.3 Å². The van der Waals surface area contributed by atoms with E-state index in [0.717, 1.165) is 12.7 Å². The molecule has 0 bridgehead atoms. The third-order valence-electron chi connectivity index (χ3n) is 4.41. The summed E-state index contributed by atoms with van der Waals surface area (Å²) in [4.78, 5) is 22.2. The molecule has 9 heteroatoms. The summed E-state index contributed by atoms with van der Waals surface area (Å²) in [7, 11) is -3.22. The number of rotatable bonds is 4. The predicted molar refractivity (Wildman–Crippen MR) is 82.1 cm³/mol. The lowest BCUT2D eigenvalue weighted by molar-refractivity contribution is 0.0610. The van der Waals surface area contributed by atoms with Gasteiger partial charge in [0.25, 0.3) is 5.91 Å². The first-order valence-corrected chi connectivity index (χ1v) is 9.45. The first-order chi connectivity index (χ1) is 10.9. The van der Waals surface area contributed by atoms with Crippen molar-refractivity contribution in [3.8, 4) is 0 Å². The summed E-state index contributed by atoms with van der Waals surface area (Å²) in [5, 5.41) is 0. The zero-order chi connectivity index (χ0) is 16.4. The lowest BCUT2D eigenvalue weighted by Crippen LogP contribution is -2.46. The van der Waals surface area contributed by atoms with E-state index in [4.69, 9.17) is 4.74 Å². The van der Waals surface area contributed by atoms with E-state index in [-0.39, 0.29) is 30.4 Å². The number of nitrogens with zero attached hydrogens (tertiary/aromatic N) is 3. The third-order valence-corrected chi connectivity index (χ3v) is 5.10. The Morgan fingerprint density at radius 3 is 3.00 bits per heavy atom. The first-order valence-electron chi connectivity index (χ1n) is 7.55. The molecule has 3 rings (SSSR count). The number of amides is 1. The molecule has 3 heterocycles. The Morgan fingerprint density at radius 1 is 1.48 bits per heavy atom. The second-order valence-corrected chi connectivity index (χ2v) is 7.88. The van der Waals surface area contributed by atoms with Crippen molar-refractivity contribution in [2.45, 2.75) is 12.5 Å². The number of nitrogens with one attached hydrogen (secondary N) is 1. The molecule has 2 aliphatic heterocycles. The number of carbonyl (C=O) groups is 1. The van der Waals surface area contributed by atoms with Gasteiger partial charge in [0.1, 0.15) is 5.69 Å². The molecule has 8 nitrogen and oxygen atoms in total. The number of carbonyl (C=O) groups excluding carboxylic acids is 1. The van der Waals surface area contributed by atoms with E-state index >= 15 is 0 Å². The third kappa shape index (κ3) is 3.85. The van der Waals surface area contributed by atoms with Crippen LogP contribution in [0.15, 0.2) is 18.6 Å². The largest absolute Gasteiger partial charge is 0.376 e.